The number of nitrogens with one attached hydrogen (secondary N) is 1. The van der Waals surface area contributed by atoms with Crippen molar-refractivity contribution in [2.75, 3.05) is 0 Å². The van der Waals surface area contributed by atoms with E-state index in [-0.39, 0.29) is 5.41 Å². The number of aromatic amines is 1. The zero-order chi connectivity index (χ0) is 10.2. The fourth-order valence-corrected chi connectivity index (χ4v) is 1.51. The fourth-order valence-electron chi connectivity index (χ4n) is 1.51. The molecular formula is C11H13NO2. The number of hydrogen-bond donors (Lipinski definition) is 1. The van der Waals surface area contributed by atoms with Crippen molar-refractivity contribution in [3.05, 3.63) is 33.5 Å². The summed E-state index contributed by atoms with van der Waals surface area (Å²) >= 11 is 0. The second-order valence-electron chi connectivity index (χ2n) is 3.82. The maximum absolute atomic E-state index is 11.0. The lowest BCUT2D eigenvalue weighted by molar-refractivity contribution is 0.472. The van der Waals surface area contributed by atoms with Gasteiger partial charge in [0.25, 0.3) is 0 Å². The summed E-state index contributed by atoms with van der Waals surface area (Å²) < 4.78 is 5.05. The van der Waals surface area contributed by atoms with Gasteiger partial charge in [-0.3, -0.25) is 4.98 Å². The predicted molar refractivity (Wildman–Crippen MR) is 55.0 cm³/mol. The third-order valence-corrected chi connectivity index (χ3v) is 2.67. The maximum atomic E-state index is 11.0. The Morgan fingerprint density at radius 3 is 3.07 bits per heavy atom. The standard InChI is InChI=1S/C11H13NO2/c1-3-11(2)6-4-5-8-9(7-11)14-10(13)12-8/h4-7H,3H2,1-2H3,(H,12,13). The van der Waals surface area contributed by atoms with E-state index in [1.807, 2.05) is 18.2 Å². The van der Waals surface area contributed by atoms with Crippen molar-refractivity contribution in [1.82, 2.24) is 4.98 Å². The molecule has 1 aromatic rings. The second-order valence-corrected chi connectivity index (χ2v) is 3.82. The summed E-state index contributed by atoms with van der Waals surface area (Å²) in [7, 11) is 0. The Morgan fingerprint density at radius 2 is 2.36 bits per heavy atom. The highest BCUT2D eigenvalue weighted by atomic mass is 16.4. The smallest absolute Gasteiger partial charge is 0.408 e. The molecule has 0 spiro atoms. The molecule has 0 saturated carbocycles. The van der Waals surface area contributed by atoms with E-state index in [2.05, 4.69) is 24.9 Å². The number of hydrogen-bond acceptors (Lipinski definition) is 2. The Labute approximate surface area is 81.5 Å². The molecular weight excluding hydrogens is 178 g/mol. The molecule has 1 heterocycles. The molecule has 0 aromatic carbocycles. The lowest BCUT2D eigenvalue weighted by Crippen LogP contribution is -2.24. The molecule has 1 atom stereocenters. The van der Waals surface area contributed by atoms with Crippen LogP contribution in [-0.2, 0) is 0 Å². The Kier molecular flexibility index (Phi) is 1.95. The number of rotatable bonds is 1. The molecule has 0 saturated heterocycles. The van der Waals surface area contributed by atoms with Gasteiger partial charge in [-0.2, -0.15) is 0 Å². The van der Waals surface area contributed by atoms with E-state index in [1.54, 1.807) is 0 Å². The van der Waals surface area contributed by atoms with Crippen LogP contribution in [0.15, 0.2) is 21.4 Å². The van der Waals surface area contributed by atoms with E-state index in [1.165, 1.54) is 0 Å². The van der Waals surface area contributed by atoms with E-state index in [4.69, 9.17) is 4.42 Å². The average molecular weight is 191 g/mol. The molecule has 1 aromatic heterocycles. The van der Waals surface area contributed by atoms with Gasteiger partial charge in [0.05, 0.1) is 5.35 Å². The predicted octanol–water partition coefficient (Wildman–Crippen LogP) is 0.515. The molecule has 1 aliphatic carbocycles. The van der Waals surface area contributed by atoms with E-state index in [0.717, 1.165) is 11.8 Å². The number of oxazole rings is 1. The Bertz CT molecular complexity index is 532. The number of allylic oxidation sites excluding steroid dienone is 2. The molecule has 0 aliphatic heterocycles. The molecule has 0 fully saturated rings. The van der Waals surface area contributed by atoms with Gasteiger partial charge < -0.3 is 4.42 Å². The summed E-state index contributed by atoms with van der Waals surface area (Å²) in [6.45, 7) is 4.22. The van der Waals surface area contributed by atoms with Crippen LogP contribution >= 0.6 is 0 Å². The summed E-state index contributed by atoms with van der Waals surface area (Å²) in [4.78, 5) is 13.6. The van der Waals surface area contributed by atoms with Crippen molar-refractivity contribution in [3.8, 4) is 0 Å². The quantitative estimate of drug-likeness (QED) is 0.703. The lowest BCUT2D eigenvalue weighted by Gasteiger charge is -2.17. The van der Waals surface area contributed by atoms with Gasteiger partial charge in [-0.05, 0) is 18.6 Å². The van der Waals surface area contributed by atoms with Gasteiger partial charge in [0.1, 0.15) is 0 Å². The largest absolute Gasteiger partial charge is 0.417 e. The zero-order valence-electron chi connectivity index (χ0n) is 8.33. The second kappa shape index (κ2) is 3.01. The Morgan fingerprint density at radius 1 is 1.57 bits per heavy atom. The van der Waals surface area contributed by atoms with Crippen LogP contribution in [0.25, 0.3) is 12.2 Å². The van der Waals surface area contributed by atoms with Crippen molar-refractivity contribution in [2.24, 2.45) is 5.41 Å². The fraction of sp³-hybridized carbons (Fsp3) is 0.364. The summed E-state index contributed by atoms with van der Waals surface area (Å²) in [5.74, 6) is -0.392. The van der Waals surface area contributed by atoms with Crippen LogP contribution in [0.5, 0.6) is 0 Å². The first-order valence-electron chi connectivity index (χ1n) is 4.74. The van der Waals surface area contributed by atoms with E-state index in [9.17, 15) is 4.79 Å². The van der Waals surface area contributed by atoms with Crippen LogP contribution in [0.2, 0.25) is 0 Å². The van der Waals surface area contributed by atoms with Gasteiger partial charge in [-0.25, -0.2) is 4.79 Å². The van der Waals surface area contributed by atoms with Crippen molar-refractivity contribution in [1.29, 1.82) is 0 Å². The monoisotopic (exact) mass is 191 g/mol. The molecule has 3 nitrogen and oxygen atoms in total. The van der Waals surface area contributed by atoms with Gasteiger partial charge in [0.2, 0.25) is 0 Å². The molecule has 3 heteroatoms. The lowest BCUT2D eigenvalue weighted by atomic mass is 9.87. The molecule has 1 N–H and O–H groups in total. The van der Waals surface area contributed by atoms with Gasteiger partial charge in [0.15, 0.2) is 5.42 Å². The van der Waals surface area contributed by atoms with E-state index in [0.29, 0.717) is 5.42 Å². The molecule has 0 radical (unpaired) electrons. The normalized spacial score (nSPS) is 24.7. The van der Waals surface area contributed by atoms with Crippen LogP contribution in [0.4, 0.5) is 0 Å². The molecule has 2 rings (SSSR count). The first-order valence-corrected chi connectivity index (χ1v) is 4.74. The third-order valence-electron chi connectivity index (χ3n) is 2.67. The van der Waals surface area contributed by atoms with E-state index >= 15 is 0 Å². The molecule has 0 bridgehead atoms. The van der Waals surface area contributed by atoms with Gasteiger partial charge in [0, 0.05) is 5.41 Å². The summed E-state index contributed by atoms with van der Waals surface area (Å²) in [6.07, 6.45) is 8.89. The highest BCUT2D eigenvalue weighted by Gasteiger charge is 2.16. The summed E-state index contributed by atoms with van der Waals surface area (Å²) in [6, 6.07) is 0. The first-order chi connectivity index (χ1) is 6.63. The number of aromatic nitrogens is 1. The molecule has 0 amide bonds. The zero-order valence-corrected chi connectivity index (χ0v) is 8.33. The van der Waals surface area contributed by atoms with Gasteiger partial charge >= 0.3 is 5.76 Å². The topological polar surface area (TPSA) is 46.0 Å². The van der Waals surface area contributed by atoms with Crippen LogP contribution in [0.3, 0.4) is 0 Å². The SMILES string of the molecule is CCC1(C)C=CC=c2[nH]c(=O)oc2=C1. The van der Waals surface area contributed by atoms with Crippen LogP contribution in [0, 0.1) is 5.41 Å². The minimum Gasteiger partial charge on any atom is -0.408 e. The molecule has 14 heavy (non-hydrogen) atoms. The highest BCUT2D eigenvalue weighted by molar-refractivity contribution is 5.45. The third kappa shape index (κ3) is 1.45. The number of fused-ring (bicyclic) bond motifs is 1. The minimum atomic E-state index is -0.392. The first kappa shape index (κ1) is 9.06. The Balaban J connectivity index is 2.74. The van der Waals surface area contributed by atoms with Crippen LogP contribution < -0.4 is 16.5 Å². The van der Waals surface area contributed by atoms with E-state index < -0.39 is 5.76 Å². The van der Waals surface area contributed by atoms with Crippen molar-refractivity contribution in [2.45, 2.75) is 20.3 Å². The molecule has 1 aliphatic rings. The maximum Gasteiger partial charge on any atom is 0.417 e. The minimum absolute atomic E-state index is 0.0279. The van der Waals surface area contributed by atoms with Crippen molar-refractivity contribution >= 4 is 12.2 Å². The van der Waals surface area contributed by atoms with Gasteiger partial charge in [-0.15, -0.1) is 0 Å². The molecule has 1 unspecified atom stereocenters. The average Bonchev–Trinajstić information content (AvgIpc) is 2.39. The summed E-state index contributed by atoms with van der Waals surface area (Å²) in [5, 5.41) is 0.753. The van der Waals surface area contributed by atoms with Gasteiger partial charge in [-0.1, -0.05) is 26.0 Å². The van der Waals surface area contributed by atoms with Crippen molar-refractivity contribution < 1.29 is 4.42 Å². The number of H-pyrrole nitrogens is 1. The highest BCUT2D eigenvalue weighted by Crippen LogP contribution is 2.25. The Hall–Kier alpha value is -1.51. The summed E-state index contributed by atoms with van der Waals surface area (Å²) in [5.41, 5.74) is 0.615. The van der Waals surface area contributed by atoms with Crippen molar-refractivity contribution in [3.63, 3.8) is 0 Å². The van der Waals surface area contributed by atoms with Crippen LogP contribution in [0.1, 0.15) is 20.3 Å². The molecule has 74 valence electrons. The van der Waals surface area contributed by atoms with Crippen LogP contribution in [-0.4, -0.2) is 4.98 Å².